The van der Waals surface area contributed by atoms with Crippen LogP contribution in [0.5, 0.6) is 0 Å². The van der Waals surface area contributed by atoms with Gasteiger partial charge in [0.05, 0.1) is 30.8 Å². The second-order valence-corrected chi connectivity index (χ2v) is 7.20. The highest BCUT2D eigenvalue weighted by atomic mass is 16.5. The van der Waals surface area contributed by atoms with Gasteiger partial charge in [0.15, 0.2) is 6.29 Å². The minimum absolute atomic E-state index is 0.0604. The SMILES string of the molecule is N=C(c1cn(-c2ccc(CN3CCOCC3)cc2)nn1)c1cc(C(O)O)ccc1N. The lowest BCUT2D eigenvalue weighted by Crippen LogP contribution is -2.35. The number of benzene rings is 2. The molecule has 9 nitrogen and oxygen atoms in total. The summed E-state index contributed by atoms with van der Waals surface area (Å²) < 4.78 is 6.98. The molecule has 0 aliphatic carbocycles. The number of morpholine rings is 1. The lowest BCUT2D eigenvalue weighted by atomic mass is 10.0. The van der Waals surface area contributed by atoms with E-state index >= 15 is 0 Å². The molecule has 2 aromatic carbocycles. The topological polar surface area (TPSA) is 134 Å². The van der Waals surface area contributed by atoms with Crippen molar-refractivity contribution in [3.8, 4) is 5.69 Å². The Hall–Kier alpha value is -3.11. The van der Waals surface area contributed by atoms with Gasteiger partial charge >= 0.3 is 0 Å². The maximum Gasteiger partial charge on any atom is 0.178 e. The Bertz CT molecular complexity index is 1030. The number of rotatable bonds is 6. The molecule has 5 N–H and O–H groups in total. The molecule has 1 fully saturated rings. The molecular formula is C21H24N6O3. The Labute approximate surface area is 173 Å². The monoisotopic (exact) mass is 408 g/mol. The van der Waals surface area contributed by atoms with Crippen LogP contribution < -0.4 is 5.73 Å². The lowest BCUT2D eigenvalue weighted by Gasteiger charge is -2.26. The summed E-state index contributed by atoms with van der Waals surface area (Å²) in [5.41, 5.74) is 9.39. The zero-order valence-electron chi connectivity index (χ0n) is 16.4. The summed E-state index contributed by atoms with van der Waals surface area (Å²) in [6, 6.07) is 12.6. The maximum atomic E-state index is 9.37. The number of nitrogens with two attached hydrogens (primary N) is 1. The number of nitrogens with zero attached hydrogens (tertiary/aromatic N) is 4. The molecule has 0 atom stereocenters. The van der Waals surface area contributed by atoms with Crippen LogP contribution in [0.25, 0.3) is 5.69 Å². The fourth-order valence-corrected chi connectivity index (χ4v) is 3.37. The van der Waals surface area contributed by atoms with Crippen LogP contribution in [0.15, 0.2) is 48.7 Å². The van der Waals surface area contributed by atoms with Gasteiger partial charge in [-0.3, -0.25) is 10.3 Å². The largest absolute Gasteiger partial charge is 0.398 e. The molecule has 1 aliphatic rings. The molecule has 0 saturated carbocycles. The first-order valence-corrected chi connectivity index (χ1v) is 9.68. The van der Waals surface area contributed by atoms with Gasteiger partial charge in [-0.2, -0.15) is 0 Å². The van der Waals surface area contributed by atoms with Crippen LogP contribution >= 0.6 is 0 Å². The fourth-order valence-electron chi connectivity index (χ4n) is 3.37. The quantitative estimate of drug-likeness (QED) is 0.272. The summed E-state index contributed by atoms with van der Waals surface area (Å²) in [6.45, 7) is 4.30. The van der Waals surface area contributed by atoms with Crippen molar-refractivity contribution in [1.82, 2.24) is 19.9 Å². The predicted molar refractivity (Wildman–Crippen MR) is 111 cm³/mol. The molecule has 1 saturated heterocycles. The molecule has 156 valence electrons. The third-order valence-corrected chi connectivity index (χ3v) is 5.11. The van der Waals surface area contributed by atoms with E-state index < -0.39 is 6.29 Å². The molecular weight excluding hydrogens is 384 g/mol. The van der Waals surface area contributed by atoms with Gasteiger partial charge in [0.1, 0.15) is 5.69 Å². The molecule has 0 bridgehead atoms. The number of nitrogen functional groups attached to an aromatic ring is 1. The summed E-state index contributed by atoms with van der Waals surface area (Å²) >= 11 is 0. The average molecular weight is 408 g/mol. The standard InChI is InChI=1S/C21H24N6O3/c22-18-6-3-15(21(28)29)11-17(18)20(23)19-13-27(25-24-19)16-4-1-14(2-5-16)12-26-7-9-30-10-8-26/h1-6,11,13,21,23,28-29H,7-10,12,22H2. The molecule has 9 heteroatoms. The Morgan fingerprint density at radius 1 is 1.13 bits per heavy atom. The number of anilines is 1. The smallest absolute Gasteiger partial charge is 0.178 e. The van der Waals surface area contributed by atoms with E-state index in [9.17, 15) is 10.2 Å². The number of aliphatic hydroxyl groups excluding tert-OH is 1. The Kier molecular flexibility index (Phi) is 5.86. The first-order chi connectivity index (χ1) is 14.5. The molecule has 30 heavy (non-hydrogen) atoms. The molecule has 3 aromatic rings. The van der Waals surface area contributed by atoms with Gasteiger partial charge in [-0.25, -0.2) is 4.68 Å². The number of ether oxygens (including phenoxy) is 1. The normalized spacial score (nSPS) is 14.9. The highest BCUT2D eigenvalue weighted by Gasteiger charge is 2.16. The highest BCUT2D eigenvalue weighted by Crippen LogP contribution is 2.21. The molecule has 2 heterocycles. The highest BCUT2D eigenvalue weighted by molar-refractivity contribution is 6.12. The Morgan fingerprint density at radius 2 is 1.87 bits per heavy atom. The number of aromatic nitrogens is 3. The zero-order valence-corrected chi connectivity index (χ0v) is 16.4. The van der Waals surface area contributed by atoms with Gasteiger partial charge in [-0.15, -0.1) is 5.10 Å². The number of hydrogen-bond acceptors (Lipinski definition) is 8. The van der Waals surface area contributed by atoms with E-state index in [2.05, 4.69) is 27.3 Å². The van der Waals surface area contributed by atoms with Crippen LogP contribution in [0, 0.1) is 5.41 Å². The van der Waals surface area contributed by atoms with Crippen LogP contribution in [0.4, 0.5) is 5.69 Å². The molecule has 1 aliphatic heterocycles. The number of hydrogen-bond donors (Lipinski definition) is 4. The van der Waals surface area contributed by atoms with Crippen LogP contribution in [0.1, 0.15) is 28.7 Å². The van der Waals surface area contributed by atoms with Crippen molar-refractivity contribution in [2.75, 3.05) is 32.0 Å². The molecule has 0 amide bonds. The summed E-state index contributed by atoms with van der Waals surface area (Å²) in [5, 5.41) is 35.4. The summed E-state index contributed by atoms with van der Waals surface area (Å²) in [4.78, 5) is 2.36. The molecule has 4 rings (SSSR count). The van der Waals surface area contributed by atoms with Crippen LogP contribution in [0.2, 0.25) is 0 Å². The zero-order chi connectivity index (χ0) is 21.1. The van der Waals surface area contributed by atoms with Crippen molar-refractivity contribution in [1.29, 1.82) is 5.41 Å². The van der Waals surface area contributed by atoms with Gasteiger partial charge in [-0.05, 0) is 29.8 Å². The van der Waals surface area contributed by atoms with Crippen molar-refractivity contribution in [2.24, 2.45) is 0 Å². The number of aliphatic hydroxyl groups is 2. The average Bonchev–Trinajstić information content (AvgIpc) is 3.25. The van der Waals surface area contributed by atoms with Gasteiger partial charge in [0.2, 0.25) is 0 Å². The van der Waals surface area contributed by atoms with Crippen LogP contribution in [-0.4, -0.2) is 62.1 Å². The second kappa shape index (κ2) is 8.72. The molecule has 1 aromatic heterocycles. The first kappa shape index (κ1) is 20.2. The van der Waals surface area contributed by atoms with Crippen molar-refractivity contribution < 1.29 is 14.9 Å². The van der Waals surface area contributed by atoms with Crippen LogP contribution in [-0.2, 0) is 11.3 Å². The first-order valence-electron chi connectivity index (χ1n) is 9.68. The minimum Gasteiger partial charge on any atom is -0.398 e. The van der Waals surface area contributed by atoms with Crippen LogP contribution in [0.3, 0.4) is 0 Å². The van der Waals surface area contributed by atoms with Crippen molar-refractivity contribution in [2.45, 2.75) is 12.8 Å². The van der Waals surface area contributed by atoms with E-state index in [1.165, 1.54) is 23.8 Å². The van der Waals surface area contributed by atoms with E-state index in [0.29, 0.717) is 16.9 Å². The van der Waals surface area contributed by atoms with Crippen molar-refractivity contribution >= 4 is 11.4 Å². The lowest BCUT2D eigenvalue weighted by molar-refractivity contribution is -0.0424. The van der Waals surface area contributed by atoms with Crippen molar-refractivity contribution in [3.05, 3.63) is 71.0 Å². The summed E-state index contributed by atoms with van der Waals surface area (Å²) in [6.07, 6.45) is 0.0182. The summed E-state index contributed by atoms with van der Waals surface area (Å²) in [5.74, 6) is 0. The van der Waals surface area contributed by atoms with Gasteiger partial charge < -0.3 is 20.7 Å². The Balaban J connectivity index is 1.50. The number of nitrogens with one attached hydrogen (secondary N) is 1. The summed E-state index contributed by atoms with van der Waals surface area (Å²) in [7, 11) is 0. The minimum atomic E-state index is -1.64. The van der Waals surface area contributed by atoms with Gasteiger partial charge in [-0.1, -0.05) is 23.4 Å². The van der Waals surface area contributed by atoms with E-state index in [0.717, 1.165) is 38.5 Å². The predicted octanol–water partition coefficient (Wildman–Crippen LogP) is 1.08. The van der Waals surface area contributed by atoms with E-state index in [1.54, 1.807) is 10.9 Å². The maximum absolute atomic E-state index is 9.37. The third kappa shape index (κ3) is 4.39. The molecule has 0 radical (unpaired) electrons. The van der Waals surface area contributed by atoms with Gasteiger partial charge in [0, 0.05) is 36.4 Å². The third-order valence-electron chi connectivity index (χ3n) is 5.11. The molecule has 0 unspecified atom stereocenters. The van der Waals surface area contributed by atoms with Crippen molar-refractivity contribution in [3.63, 3.8) is 0 Å². The molecule has 0 spiro atoms. The van der Waals surface area contributed by atoms with E-state index in [4.69, 9.17) is 15.9 Å². The van der Waals surface area contributed by atoms with Gasteiger partial charge in [0.25, 0.3) is 0 Å². The van der Waals surface area contributed by atoms with E-state index in [-0.39, 0.29) is 11.3 Å². The second-order valence-electron chi connectivity index (χ2n) is 7.20. The van der Waals surface area contributed by atoms with E-state index in [1.807, 2.05) is 12.1 Å². The Morgan fingerprint density at radius 3 is 2.57 bits per heavy atom. The fraction of sp³-hybridized carbons (Fsp3) is 0.286.